The van der Waals surface area contributed by atoms with Gasteiger partial charge in [-0.25, -0.2) is 0 Å². The van der Waals surface area contributed by atoms with Crippen molar-refractivity contribution in [2.45, 2.75) is 44.8 Å². The van der Waals surface area contributed by atoms with Crippen LogP contribution in [0.1, 0.15) is 31.7 Å². The van der Waals surface area contributed by atoms with E-state index in [0.29, 0.717) is 25.0 Å². The number of benzene rings is 1. The first-order valence-corrected chi connectivity index (χ1v) is 6.65. The van der Waals surface area contributed by atoms with E-state index >= 15 is 0 Å². The number of carbonyl (C=O) groups is 1. The second kappa shape index (κ2) is 6.01. The van der Waals surface area contributed by atoms with Crippen molar-refractivity contribution in [3.8, 4) is 5.75 Å². The van der Waals surface area contributed by atoms with Crippen molar-refractivity contribution in [3.63, 3.8) is 0 Å². The summed E-state index contributed by atoms with van der Waals surface area (Å²) in [5, 5.41) is 3.24. The van der Waals surface area contributed by atoms with Gasteiger partial charge >= 0.3 is 0 Å². The van der Waals surface area contributed by atoms with E-state index in [2.05, 4.69) is 5.32 Å². The number of nitrogens with one attached hydrogen (secondary N) is 1. The van der Waals surface area contributed by atoms with Crippen LogP contribution in [0.4, 0.5) is 0 Å². The first-order valence-electron chi connectivity index (χ1n) is 6.65. The number of carbonyl (C=O) groups excluding carboxylic acids is 1. The van der Waals surface area contributed by atoms with Crippen LogP contribution in [0.5, 0.6) is 5.75 Å². The van der Waals surface area contributed by atoms with E-state index in [9.17, 15) is 4.79 Å². The van der Waals surface area contributed by atoms with E-state index in [1.165, 1.54) is 0 Å². The summed E-state index contributed by atoms with van der Waals surface area (Å²) in [4.78, 5) is 11.3. The van der Waals surface area contributed by atoms with Crippen LogP contribution in [0, 0.1) is 0 Å². The lowest BCUT2D eigenvalue weighted by Crippen LogP contribution is -2.45. The van der Waals surface area contributed by atoms with Crippen LogP contribution in [0.3, 0.4) is 0 Å². The summed E-state index contributed by atoms with van der Waals surface area (Å²) >= 11 is 0. The van der Waals surface area contributed by atoms with Gasteiger partial charge in [-0.3, -0.25) is 4.79 Å². The molecule has 1 N–H and O–H groups in total. The van der Waals surface area contributed by atoms with E-state index < -0.39 is 0 Å². The van der Waals surface area contributed by atoms with Crippen LogP contribution >= 0.6 is 0 Å². The highest BCUT2D eigenvalue weighted by atomic mass is 16.5. The first kappa shape index (κ1) is 13.1. The molecule has 0 heterocycles. The number of ether oxygens (including phenoxy) is 1. The zero-order valence-electron chi connectivity index (χ0n) is 11.1. The Morgan fingerprint density at radius 3 is 2.56 bits per heavy atom. The molecule has 2 rings (SSSR count). The van der Waals surface area contributed by atoms with Gasteiger partial charge in [0, 0.05) is 18.9 Å². The first-order chi connectivity index (χ1) is 8.71. The predicted octanol–water partition coefficient (Wildman–Crippen LogP) is 2.34. The number of Topliss-reactive ketones (excluding diaryl/α,β-unsaturated/α-hetero) is 1. The van der Waals surface area contributed by atoms with Gasteiger partial charge in [0.1, 0.15) is 17.6 Å². The molecule has 0 aromatic heterocycles. The maximum absolute atomic E-state index is 11.3. The summed E-state index contributed by atoms with van der Waals surface area (Å²) in [6, 6.07) is 8.50. The maximum atomic E-state index is 11.3. The van der Waals surface area contributed by atoms with Crippen LogP contribution < -0.4 is 10.1 Å². The van der Waals surface area contributed by atoms with Crippen LogP contribution in [0.15, 0.2) is 24.3 Å². The Morgan fingerprint density at radius 2 is 2.00 bits per heavy atom. The molecule has 0 radical (unpaired) electrons. The SMILES string of the molecule is CCC(=O)Cc1ccc(OC2CC(NC)C2)cc1. The Bertz CT molecular complexity index is 393. The molecule has 0 unspecified atom stereocenters. The molecular formula is C15H21NO2. The summed E-state index contributed by atoms with van der Waals surface area (Å²) in [5.74, 6) is 1.18. The average molecular weight is 247 g/mol. The van der Waals surface area contributed by atoms with E-state index in [0.717, 1.165) is 24.2 Å². The van der Waals surface area contributed by atoms with Gasteiger partial charge in [0.2, 0.25) is 0 Å². The molecule has 3 heteroatoms. The Hall–Kier alpha value is -1.35. The zero-order chi connectivity index (χ0) is 13.0. The summed E-state index contributed by atoms with van der Waals surface area (Å²) in [7, 11) is 1.99. The number of ketones is 1. The van der Waals surface area contributed by atoms with E-state index in [-0.39, 0.29) is 5.78 Å². The topological polar surface area (TPSA) is 38.3 Å². The standard InChI is InChI=1S/C15H21NO2/c1-3-13(17)8-11-4-6-14(7-5-11)18-15-9-12(10-15)16-2/h4-7,12,15-16H,3,8-10H2,1-2H3. The van der Waals surface area contributed by atoms with Gasteiger partial charge in [-0.15, -0.1) is 0 Å². The molecule has 0 aliphatic heterocycles. The predicted molar refractivity (Wildman–Crippen MR) is 71.9 cm³/mol. The molecule has 0 spiro atoms. The summed E-state index contributed by atoms with van der Waals surface area (Å²) in [6.07, 6.45) is 3.62. The molecule has 0 amide bonds. The van der Waals surface area contributed by atoms with Crippen molar-refractivity contribution in [1.82, 2.24) is 5.32 Å². The minimum Gasteiger partial charge on any atom is -0.490 e. The minimum absolute atomic E-state index is 0.277. The van der Waals surface area contributed by atoms with E-state index in [4.69, 9.17) is 4.74 Å². The largest absolute Gasteiger partial charge is 0.490 e. The highest BCUT2D eigenvalue weighted by Crippen LogP contribution is 2.25. The van der Waals surface area contributed by atoms with Crippen molar-refractivity contribution < 1.29 is 9.53 Å². The second-order valence-corrected chi connectivity index (χ2v) is 4.91. The zero-order valence-corrected chi connectivity index (χ0v) is 11.1. The molecule has 1 fully saturated rings. The van der Waals surface area contributed by atoms with Gasteiger partial charge < -0.3 is 10.1 Å². The van der Waals surface area contributed by atoms with Crippen LogP contribution in [0.2, 0.25) is 0 Å². The van der Waals surface area contributed by atoms with Crippen LogP contribution in [-0.2, 0) is 11.2 Å². The fourth-order valence-corrected chi connectivity index (χ4v) is 2.13. The molecule has 3 nitrogen and oxygen atoms in total. The molecular weight excluding hydrogens is 226 g/mol. The molecule has 1 aromatic rings. The summed E-state index contributed by atoms with van der Waals surface area (Å²) < 4.78 is 5.84. The monoisotopic (exact) mass is 247 g/mol. The van der Waals surface area contributed by atoms with Gasteiger partial charge in [0.15, 0.2) is 0 Å². The van der Waals surface area contributed by atoms with Crippen molar-refractivity contribution in [1.29, 1.82) is 0 Å². The number of rotatable bonds is 6. The van der Waals surface area contributed by atoms with Crippen LogP contribution in [0.25, 0.3) is 0 Å². The molecule has 1 aliphatic carbocycles. The van der Waals surface area contributed by atoms with Crippen molar-refractivity contribution >= 4 is 5.78 Å². The molecule has 0 saturated heterocycles. The molecule has 0 bridgehead atoms. The molecule has 1 aliphatic rings. The lowest BCUT2D eigenvalue weighted by atomic mass is 9.89. The highest BCUT2D eigenvalue weighted by Gasteiger charge is 2.29. The van der Waals surface area contributed by atoms with Gasteiger partial charge in [-0.2, -0.15) is 0 Å². The third kappa shape index (κ3) is 3.33. The Morgan fingerprint density at radius 1 is 1.33 bits per heavy atom. The third-order valence-electron chi connectivity index (χ3n) is 3.52. The smallest absolute Gasteiger partial charge is 0.136 e. The average Bonchev–Trinajstić information content (AvgIpc) is 2.35. The summed E-state index contributed by atoms with van der Waals surface area (Å²) in [6.45, 7) is 1.90. The van der Waals surface area contributed by atoms with Crippen molar-refractivity contribution in [2.75, 3.05) is 7.05 Å². The highest BCUT2D eigenvalue weighted by molar-refractivity contribution is 5.80. The van der Waals surface area contributed by atoms with Crippen LogP contribution in [-0.4, -0.2) is 25.0 Å². The molecule has 18 heavy (non-hydrogen) atoms. The lowest BCUT2D eigenvalue weighted by Gasteiger charge is -2.35. The number of hydrogen-bond acceptors (Lipinski definition) is 3. The number of hydrogen-bond donors (Lipinski definition) is 1. The molecule has 98 valence electrons. The van der Waals surface area contributed by atoms with Gasteiger partial charge in [-0.05, 0) is 37.6 Å². The van der Waals surface area contributed by atoms with Gasteiger partial charge in [-0.1, -0.05) is 19.1 Å². The van der Waals surface area contributed by atoms with Crippen molar-refractivity contribution in [3.05, 3.63) is 29.8 Å². The fraction of sp³-hybridized carbons (Fsp3) is 0.533. The molecule has 1 aromatic carbocycles. The Kier molecular flexibility index (Phi) is 4.37. The second-order valence-electron chi connectivity index (χ2n) is 4.91. The molecule has 0 atom stereocenters. The van der Waals surface area contributed by atoms with E-state index in [1.54, 1.807) is 0 Å². The van der Waals surface area contributed by atoms with Gasteiger partial charge in [0.25, 0.3) is 0 Å². The Balaban J connectivity index is 1.83. The van der Waals surface area contributed by atoms with Crippen molar-refractivity contribution in [2.24, 2.45) is 0 Å². The third-order valence-corrected chi connectivity index (χ3v) is 3.52. The van der Waals surface area contributed by atoms with Gasteiger partial charge in [0.05, 0.1) is 0 Å². The fourth-order valence-electron chi connectivity index (χ4n) is 2.13. The summed E-state index contributed by atoms with van der Waals surface area (Å²) in [5.41, 5.74) is 1.07. The Labute approximate surface area is 109 Å². The quantitative estimate of drug-likeness (QED) is 0.838. The minimum atomic E-state index is 0.277. The maximum Gasteiger partial charge on any atom is 0.136 e. The van der Waals surface area contributed by atoms with E-state index in [1.807, 2.05) is 38.2 Å². The normalized spacial score (nSPS) is 22.3. The molecule has 1 saturated carbocycles. The lowest BCUT2D eigenvalue weighted by molar-refractivity contribution is -0.118.